The number of H-pyrrole nitrogens is 1. The number of aromatic nitrogens is 6. The molecule has 148 valence electrons. The first-order chi connectivity index (χ1) is 14.7. The normalized spacial score (nSPS) is 16.3. The average molecular weight is 418 g/mol. The van der Waals surface area contributed by atoms with Crippen LogP contribution in [-0.2, 0) is 6.42 Å². The third-order valence-corrected chi connectivity index (χ3v) is 5.91. The molecule has 0 spiro atoms. The summed E-state index contributed by atoms with van der Waals surface area (Å²) >= 11 is 6.36. The number of hydrogen-bond acceptors (Lipinski definition) is 4. The molecule has 0 fully saturated rings. The van der Waals surface area contributed by atoms with Crippen LogP contribution in [0, 0.1) is 0 Å². The second kappa shape index (κ2) is 6.43. The van der Waals surface area contributed by atoms with E-state index in [0.717, 1.165) is 28.1 Å². The molecule has 8 nitrogen and oxygen atoms in total. The predicted molar refractivity (Wildman–Crippen MR) is 111 cm³/mol. The number of nitrogens with one attached hydrogen (secondary N) is 1. The van der Waals surface area contributed by atoms with Crippen LogP contribution in [0.2, 0.25) is 5.02 Å². The Morgan fingerprint density at radius 2 is 2.03 bits per heavy atom. The Labute approximate surface area is 175 Å². The first kappa shape index (κ1) is 17.2. The highest BCUT2D eigenvalue weighted by Crippen LogP contribution is 2.35. The van der Waals surface area contributed by atoms with Crippen LogP contribution < -0.4 is 0 Å². The maximum atomic E-state index is 13.6. The molecular weight excluding hydrogens is 402 g/mol. The summed E-state index contributed by atoms with van der Waals surface area (Å²) in [5, 5.41) is 9.65. The quantitative estimate of drug-likeness (QED) is 0.478. The van der Waals surface area contributed by atoms with Gasteiger partial charge in [-0.3, -0.25) is 4.79 Å². The van der Waals surface area contributed by atoms with Crippen LogP contribution in [0.15, 0.2) is 61.3 Å². The zero-order valence-corrected chi connectivity index (χ0v) is 16.5. The van der Waals surface area contributed by atoms with Gasteiger partial charge in [-0.25, -0.2) is 14.0 Å². The molecule has 1 atom stereocenters. The van der Waals surface area contributed by atoms with E-state index < -0.39 is 6.04 Å². The van der Waals surface area contributed by atoms with Gasteiger partial charge < -0.3 is 9.88 Å². The van der Waals surface area contributed by atoms with Gasteiger partial charge in [-0.05, 0) is 30.3 Å². The van der Waals surface area contributed by atoms with Crippen LogP contribution in [0.4, 0.5) is 0 Å². The van der Waals surface area contributed by atoms with Crippen molar-refractivity contribution in [3.63, 3.8) is 0 Å². The van der Waals surface area contributed by atoms with Crippen molar-refractivity contribution < 1.29 is 4.79 Å². The fourth-order valence-electron chi connectivity index (χ4n) is 4.18. The van der Waals surface area contributed by atoms with Crippen molar-refractivity contribution in [2.24, 2.45) is 0 Å². The topological polar surface area (TPSA) is 83.6 Å². The molecule has 1 N–H and O–H groups in total. The highest BCUT2D eigenvalue weighted by atomic mass is 35.5. The first-order valence-corrected chi connectivity index (χ1v) is 9.98. The molecule has 30 heavy (non-hydrogen) atoms. The third-order valence-electron chi connectivity index (χ3n) is 5.59. The van der Waals surface area contributed by atoms with E-state index in [1.807, 2.05) is 53.7 Å². The van der Waals surface area contributed by atoms with Crippen molar-refractivity contribution in [1.82, 2.24) is 34.1 Å². The first-order valence-electron chi connectivity index (χ1n) is 9.60. The smallest absolute Gasteiger partial charge is 0.258 e. The molecule has 1 aliphatic rings. The van der Waals surface area contributed by atoms with E-state index in [4.69, 9.17) is 16.7 Å². The third kappa shape index (κ3) is 2.47. The lowest BCUT2D eigenvalue weighted by molar-refractivity contribution is 0.0689. The molecule has 6 heterocycles. The van der Waals surface area contributed by atoms with Crippen LogP contribution in [0.25, 0.3) is 11.0 Å². The van der Waals surface area contributed by atoms with Gasteiger partial charge in [0.1, 0.15) is 6.04 Å². The predicted octanol–water partition coefficient (Wildman–Crippen LogP) is 3.15. The van der Waals surface area contributed by atoms with Crippen LogP contribution in [-0.4, -0.2) is 46.5 Å². The molecule has 5 aromatic heterocycles. The lowest BCUT2D eigenvalue weighted by Gasteiger charge is -2.33. The number of amides is 1. The minimum absolute atomic E-state index is 0.0991. The number of carbonyl (C=O) groups excluding carboxylic acids is 1. The molecule has 6 rings (SSSR count). The fourth-order valence-corrected chi connectivity index (χ4v) is 4.40. The lowest BCUT2D eigenvalue weighted by atomic mass is 9.98. The van der Waals surface area contributed by atoms with Crippen LogP contribution in [0.3, 0.4) is 0 Å². The number of carbonyl (C=O) groups is 1. The summed E-state index contributed by atoms with van der Waals surface area (Å²) in [7, 11) is 0. The lowest BCUT2D eigenvalue weighted by Crippen LogP contribution is -2.41. The Balaban J connectivity index is 1.50. The number of fused-ring (bicyclic) bond motifs is 3. The SMILES string of the molecule is O=C(c1cnn2ccccc12)N1CCc2[nH]cnc2C1c1cc2c(Cl)cccn2n1. The zero-order valence-electron chi connectivity index (χ0n) is 15.7. The second-order valence-electron chi connectivity index (χ2n) is 7.26. The summed E-state index contributed by atoms with van der Waals surface area (Å²) in [6.07, 6.45) is 7.66. The molecule has 0 bridgehead atoms. The molecule has 0 aliphatic carbocycles. The number of halogens is 1. The monoisotopic (exact) mass is 417 g/mol. The van der Waals surface area contributed by atoms with E-state index in [1.165, 1.54) is 0 Å². The van der Waals surface area contributed by atoms with E-state index in [0.29, 0.717) is 23.6 Å². The zero-order chi connectivity index (χ0) is 20.2. The molecule has 1 amide bonds. The summed E-state index contributed by atoms with van der Waals surface area (Å²) in [6, 6.07) is 10.9. The summed E-state index contributed by atoms with van der Waals surface area (Å²) in [5.41, 5.74) is 4.67. The van der Waals surface area contributed by atoms with E-state index in [2.05, 4.69) is 15.1 Å². The Morgan fingerprint density at radius 1 is 1.13 bits per heavy atom. The Kier molecular flexibility index (Phi) is 3.69. The fraction of sp³-hybridized carbons (Fsp3) is 0.143. The minimum Gasteiger partial charge on any atom is -0.348 e. The number of imidazole rings is 1. The highest BCUT2D eigenvalue weighted by molar-refractivity contribution is 6.33. The van der Waals surface area contributed by atoms with Gasteiger partial charge >= 0.3 is 0 Å². The molecule has 9 heteroatoms. The summed E-state index contributed by atoms with van der Waals surface area (Å²) in [6.45, 7) is 0.546. The molecule has 0 radical (unpaired) electrons. The highest BCUT2D eigenvalue weighted by Gasteiger charge is 2.37. The van der Waals surface area contributed by atoms with Crippen molar-refractivity contribution in [1.29, 1.82) is 0 Å². The molecule has 5 aromatic rings. The van der Waals surface area contributed by atoms with E-state index in [-0.39, 0.29) is 5.91 Å². The second-order valence-corrected chi connectivity index (χ2v) is 7.67. The van der Waals surface area contributed by atoms with Crippen LogP contribution >= 0.6 is 11.6 Å². The molecule has 0 aromatic carbocycles. The maximum absolute atomic E-state index is 13.6. The van der Waals surface area contributed by atoms with Gasteiger partial charge in [0.15, 0.2) is 0 Å². The molecule has 0 saturated carbocycles. The number of nitrogens with zero attached hydrogens (tertiary/aromatic N) is 6. The van der Waals surface area contributed by atoms with Gasteiger partial charge in [-0.1, -0.05) is 17.7 Å². The van der Waals surface area contributed by atoms with E-state index in [9.17, 15) is 4.79 Å². The minimum atomic E-state index is -0.415. The number of hydrogen-bond donors (Lipinski definition) is 1. The van der Waals surface area contributed by atoms with Gasteiger partial charge in [-0.15, -0.1) is 0 Å². The summed E-state index contributed by atoms with van der Waals surface area (Å²) in [5.74, 6) is -0.0991. The van der Waals surface area contributed by atoms with Crippen molar-refractivity contribution in [3.05, 3.63) is 89.0 Å². The molecule has 1 aliphatic heterocycles. The van der Waals surface area contributed by atoms with Crippen LogP contribution in [0.1, 0.15) is 33.5 Å². The van der Waals surface area contributed by atoms with E-state index >= 15 is 0 Å². The van der Waals surface area contributed by atoms with Crippen molar-refractivity contribution in [2.45, 2.75) is 12.5 Å². The number of aromatic amines is 1. The van der Waals surface area contributed by atoms with E-state index in [1.54, 1.807) is 21.6 Å². The standard InChI is InChI=1S/C21H16ClN7O/c22-14-4-3-8-29-18(14)10-16(26-29)20-19-15(23-12-24-19)6-9-27(20)21(30)13-11-25-28-7-2-1-5-17(13)28/h1-5,7-8,10-12,20H,6,9H2,(H,23,24). The van der Waals surface area contributed by atoms with Gasteiger partial charge in [-0.2, -0.15) is 10.2 Å². The van der Waals surface area contributed by atoms with Gasteiger partial charge in [0.25, 0.3) is 5.91 Å². The van der Waals surface area contributed by atoms with Crippen molar-refractivity contribution >= 4 is 28.5 Å². The largest absolute Gasteiger partial charge is 0.348 e. The van der Waals surface area contributed by atoms with Crippen molar-refractivity contribution in [2.75, 3.05) is 6.54 Å². The summed E-state index contributed by atoms with van der Waals surface area (Å²) < 4.78 is 3.44. The van der Waals surface area contributed by atoms with Gasteiger partial charge in [0.05, 0.1) is 45.5 Å². The number of rotatable bonds is 2. The van der Waals surface area contributed by atoms with Crippen LogP contribution in [0.5, 0.6) is 0 Å². The maximum Gasteiger partial charge on any atom is 0.258 e. The van der Waals surface area contributed by atoms with Crippen molar-refractivity contribution in [3.8, 4) is 0 Å². The van der Waals surface area contributed by atoms with Gasteiger partial charge in [0.2, 0.25) is 0 Å². The van der Waals surface area contributed by atoms with Gasteiger partial charge in [0, 0.05) is 31.1 Å². The Bertz CT molecular complexity index is 1420. The summed E-state index contributed by atoms with van der Waals surface area (Å²) in [4.78, 5) is 23.2. The Morgan fingerprint density at radius 3 is 2.93 bits per heavy atom. The molecule has 1 unspecified atom stereocenters. The average Bonchev–Trinajstić information content (AvgIpc) is 3.50. The number of pyridine rings is 2. The molecule has 0 saturated heterocycles. The Hall–Kier alpha value is -3.65. The molecular formula is C21H16ClN7O.